The van der Waals surface area contributed by atoms with Gasteiger partial charge in [-0.3, -0.25) is 4.79 Å². The number of hydrogen-bond acceptors (Lipinski definition) is 1. The maximum atomic E-state index is 10.8. The molecule has 0 saturated carbocycles. The van der Waals surface area contributed by atoms with E-state index in [4.69, 9.17) is 11.6 Å². The molecule has 0 heterocycles. The molecular weight excluding hydrogens is 150 g/mol. The standard InChI is InChI=1S/C7H14ClNO/c1-3-4-5-9(2)7(10)6-8/h3-6H2,1-2H3. The highest BCUT2D eigenvalue weighted by molar-refractivity contribution is 6.27. The normalized spacial score (nSPS) is 9.50. The molecule has 0 atom stereocenters. The van der Waals surface area contributed by atoms with Crippen LogP contribution in [0.5, 0.6) is 0 Å². The lowest BCUT2D eigenvalue weighted by molar-refractivity contribution is -0.127. The fourth-order valence-electron chi connectivity index (χ4n) is 0.622. The van der Waals surface area contributed by atoms with Crippen LogP contribution in [-0.4, -0.2) is 30.3 Å². The summed E-state index contributed by atoms with van der Waals surface area (Å²) in [5.74, 6) is 0.107. The molecule has 0 unspecified atom stereocenters. The Morgan fingerprint density at radius 1 is 1.60 bits per heavy atom. The zero-order valence-corrected chi connectivity index (χ0v) is 7.32. The van der Waals surface area contributed by atoms with Gasteiger partial charge in [0, 0.05) is 13.6 Å². The van der Waals surface area contributed by atoms with Crippen LogP contribution in [0.15, 0.2) is 0 Å². The van der Waals surface area contributed by atoms with Crippen molar-refractivity contribution in [1.82, 2.24) is 4.90 Å². The third-order valence-electron chi connectivity index (χ3n) is 1.39. The Kier molecular flexibility index (Phi) is 5.40. The second kappa shape index (κ2) is 5.54. The predicted molar refractivity (Wildman–Crippen MR) is 43.3 cm³/mol. The first-order chi connectivity index (χ1) is 4.72. The van der Waals surface area contributed by atoms with E-state index in [1.807, 2.05) is 0 Å². The Balaban J connectivity index is 3.41. The first-order valence-electron chi connectivity index (χ1n) is 3.52. The van der Waals surface area contributed by atoms with Gasteiger partial charge in [0.2, 0.25) is 5.91 Å². The molecule has 60 valence electrons. The van der Waals surface area contributed by atoms with E-state index in [0.717, 1.165) is 19.4 Å². The van der Waals surface area contributed by atoms with Crippen molar-refractivity contribution in [1.29, 1.82) is 0 Å². The summed E-state index contributed by atoms with van der Waals surface area (Å²) >= 11 is 5.33. The Morgan fingerprint density at radius 2 is 2.20 bits per heavy atom. The van der Waals surface area contributed by atoms with Gasteiger partial charge >= 0.3 is 0 Å². The number of unbranched alkanes of at least 4 members (excludes halogenated alkanes) is 1. The van der Waals surface area contributed by atoms with Crippen LogP contribution < -0.4 is 0 Å². The third-order valence-corrected chi connectivity index (χ3v) is 1.62. The van der Waals surface area contributed by atoms with Crippen LogP contribution in [0.1, 0.15) is 19.8 Å². The van der Waals surface area contributed by atoms with Gasteiger partial charge in [-0.05, 0) is 6.42 Å². The molecule has 10 heavy (non-hydrogen) atoms. The summed E-state index contributed by atoms with van der Waals surface area (Å²) in [4.78, 5) is 12.5. The van der Waals surface area contributed by atoms with Crippen molar-refractivity contribution in [3.05, 3.63) is 0 Å². The highest BCUT2D eigenvalue weighted by atomic mass is 35.5. The van der Waals surface area contributed by atoms with Crippen LogP contribution in [-0.2, 0) is 4.79 Å². The van der Waals surface area contributed by atoms with Gasteiger partial charge in [0.25, 0.3) is 0 Å². The lowest BCUT2D eigenvalue weighted by atomic mass is 10.3. The van der Waals surface area contributed by atoms with Crippen molar-refractivity contribution >= 4 is 17.5 Å². The molecule has 0 radical (unpaired) electrons. The van der Waals surface area contributed by atoms with E-state index in [2.05, 4.69) is 6.92 Å². The minimum Gasteiger partial charge on any atom is -0.345 e. The van der Waals surface area contributed by atoms with E-state index in [1.54, 1.807) is 11.9 Å². The molecule has 0 rings (SSSR count). The van der Waals surface area contributed by atoms with Crippen molar-refractivity contribution in [2.75, 3.05) is 19.5 Å². The molecule has 0 bridgehead atoms. The molecule has 2 nitrogen and oxygen atoms in total. The zero-order valence-electron chi connectivity index (χ0n) is 6.56. The first kappa shape index (κ1) is 9.76. The average Bonchev–Trinajstić information content (AvgIpc) is 1.98. The molecule has 0 aromatic carbocycles. The quantitative estimate of drug-likeness (QED) is 0.575. The van der Waals surface area contributed by atoms with Crippen LogP contribution in [0, 0.1) is 0 Å². The lowest BCUT2D eigenvalue weighted by Gasteiger charge is -2.14. The fraction of sp³-hybridized carbons (Fsp3) is 0.857. The molecule has 3 heteroatoms. The van der Waals surface area contributed by atoms with Gasteiger partial charge in [-0.2, -0.15) is 0 Å². The Hall–Kier alpha value is -0.240. The van der Waals surface area contributed by atoms with Gasteiger partial charge < -0.3 is 4.90 Å². The average molecular weight is 164 g/mol. The number of carbonyl (C=O) groups is 1. The van der Waals surface area contributed by atoms with E-state index in [-0.39, 0.29) is 11.8 Å². The summed E-state index contributed by atoms with van der Waals surface area (Å²) in [6.07, 6.45) is 2.17. The molecule has 0 aliphatic carbocycles. The van der Waals surface area contributed by atoms with E-state index < -0.39 is 0 Å². The van der Waals surface area contributed by atoms with E-state index in [9.17, 15) is 4.79 Å². The number of carbonyl (C=O) groups excluding carboxylic acids is 1. The molecule has 0 fully saturated rings. The fourth-order valence-corrected chi connectivity index (χ4v) is 0.826. The smallest absolute Gasteiger partial charge is 0.237 e. The molecule has 0 saturated heterocycles. The molecule has 0 aliphatic heterocycles. The van der Waals surface area contributed by atoms with Gasteiger partial charge in [0.05, 0.1) is 0 Å². The first-order valence-corrected chi connectivity index (χ1v) is 4.05. The molecule has 0 aliphatic rings. The van der Waals surface area contributed by atoms with Crippen molar-refractivity contribution in [3.63, 3.8) is 0 Å². The van der Waals surface area contributed by atoms with Crippen LogP contribution >= 0.6 is 11.6 Å². The van der Waals surface area contributed by atoms with Crippen LogP contribution in [0.4, 0.5) is 0 Å². The highest BCUT2D eigenvalue weighted by Crippen LogP contribution is 1.93. The Labute approximate surface area is 67.2 Å². The number of hydrogen-bond donors (Lipinski definition) is 0. The maximum absolute atomic E-state index is 10.8. The topological polar surface area (TPSA) is 20.3 Å². The number of rotatable bonds is 4. The van der Waals surface area contributed by atoms with E-state index >= 15 is 0 Å². The SMILES string of the molecule is CCCCN(C)C(=O)CCl. The summed E-state index contributed by atoms with van der Waals surface area (Å²) in [5.41, 5.74) is 0. The van der Waals surface area contributed by atoms with Crippen molar-refractivity contribution in [2.24, 2.45) is 0 Å². The summed E-state index contributed by atoms with van der Waals surface area (Å²) in [6.45, 7) is 2.92. The minimum atomic E-state index is 0.00937. The van der Waals surface area contributed by atoms with Gasteiger partial charge in [0.15, 0.2) is 0 Å². The Morgan fingerprint density at radius 3 is 2.60 bits per heavy atom. The minimum absolute atomic E-state index is 0.00937. The molecule has 0 spiro atoms. The summed E-state index contributed by atoms with van der Waals surface area (Å²) in [7, 11) is 1.78. The van der Waals surface area contributed by atoms with Crippen LogP contribution in [0.2, 0.25) is 0 Å². The summed E-state index contributed by atoms with van der Waals surface area (Å²) in [6, 6.07) is 0. The largest absolute Gasteiger partial charge is 0.345 e. The summed E-state index contributed by atoms with van der Waals surface area (Å²) in [5, 5.41) is 0. The Bertz CT molecular complexity index is 106. The van der Waals surface area contributed by atoms with Gasteiger partial charge in [0.1, 0.15) is 5.88 Å². The second-order valence-electron chi connectivity index (χ2n) is 2.30. The van der Waals surface area contributed by atoms with Crippen molar-refractivity contribution in [2.45, 2.75) is 19.8 Å². The lowest BCUT2D eigenvalue weighted by Crippen LogP contribution is -2.28. The molecular formula is C7H14ClNO. The number of halogens is 1. The highest BCUT2D eigenvalue weighted by Gasteiger charge is 2.03. The third kappa shape index (κ3) is 3.72. The van der Waals surface area contributed by atoms with Gasteiger partial charge in [-0.25, -0.2) is 0 Å². The number of amides is 1. The molecule has 0 aromatic heterocycles. The number of alkyl halides is 1. The van der Waals surface area contributed by atoms with Crippen molar-refractivity contribution in [3.8, 4) is 0 Å². The molecule has 0 aromatic rings. The zero-order chi connectivity index (χ0) is 7.98. The predicted octanol–water partition coefficient (Wildman–Crippen LogP) is 1.48. The maximum Gasteiger partial charge on any atom is 0.237 e. The van der Waals surface area contributed by atoms with Crippen LogP contribution in [0.3, 0.4) is 0 Å². The number of nitrogens with zero attached hydrogens (tertiary/aromatic N) is 1. The van der Waals surface area contributed by atoms with Crippen LogP contribution in [0.25, 0.3) is 0 Å². The summed E-state index contributed by atoms with van der Waals surface area (Å²) < 4.78 is 0. The molecule has 1 amide bonds. The molecule has 0 N–H and O–H groups in total. The van der Waals surface area contributed by atoms with Gasteiger partial charge in [-0.1, -0.05) is 13.3 Å². The monoisotopic (exact) mass is 163 g/mol. The van der Waals surface area contributed by atoms with Gasteiger partial charge in [-0.15, -0.1) is 11.6 Å². The van der Waals surface area contributed by atoms with E-state index in [1.165, 1.54) is 0 Å². The van der Waals surface area contributed by atoms with E-state index in [0.29, 0.717) is 0 Å². The second-order valence-corrected chi connectivity index (χ2v) is 2.57. The van der Waals surface area contributed by atoms with Crippen molar-refractivity contribution < 1.29 is 4.79 Å².